The van der Waals surface area contributed by atoms with Crippen molar-refractivity contribution in [3.8, 4) is 0 Å². The van der Waals surface area contributed by atoms with Crippen molar-refractivity contribution < 1.29 is 23.6 Å². The summed E-state index contributed by atoms with van der Waals surface area (Å²) < 4.78 is 5.25. The number of rotatable bonds is 4. The van der Waals surface area contributed by atoms with Gasteiger partial charge in [0.1, 0.15) is 5.76 Å². The second-order valence-electron chi connectivity index (χ2n) is 6.67. The molecule has 4 rings (SSSR count). The van der Waals surface area contributed by atoms with E-state index in [9.17, 15) is 19.2 Å². The summed E-state index contributed by atoms with van der Waals surface area (Å²) in [5.41, 5.74) is 1.01. The number of furan rings is 1. The second kappa shape index (κ2) is 6.39. The van der Waals surface area contributed by atoms with E-state index in [1.807, 2.05) is 0 Å². The topological polar surface area (TPSA) is 99.9 Å². The highest BCUT2D eigenvalue weighted by atomic mass is 16.3. The summed E-state index contributed by atoms with van der Waals surface area (Å²) >= 11 is 0. The molecule has 1 fully saturated rings. The number of nitrogens with zero attached hydrogens (tertiary/aromatic N) is 2. The van der Waals surface area contributed by atoms with Gasteiger partial charge in [0.05, 0.1) is 29.9 Å². The zero-order valence-corrected chi connectivity index (χ0v) is 14.6. The van der Waals surface area contributed by atoms with Gasteiger partial charge >= 0.3 is 0 Å². The predicted molar refractivity (Wildman–Crippen MR) is 93.7 cm³/mol. The van der Waals surface area contributed by atoms with Gasteiger partial charge in [-0.3, -0.25) is 24.1 Å². The molecule has 2 aromatic rings. The molecule has 138 valence electrons. The first-order valence-corrected chi connectivity index (χ1v) is 8.51. The van der Waals surface area contributed by atoms with Crippen LogP contribution in [0, 0.1) is 5.92 Å². The van der Waals surface area contributed by atoms with E-state index in [0.717, 1.165) is 4.90 Å². The van der Waals surface area contributed by atoms with Crippen molar-refractivity contribution in [1.82, 2.24) is 9.80 Å². The number of carbonyl (C=O) groups is 4. The first kappa shape index (κ1) is 17.0. The third-order valence-corrected chi connectivity index (χ3v) is 4.87. The molecule has 2 aliphatic heterocycles. The van der Waals surface area contributed by atoms with Crippen LogP contribution < -0.4 is 5.32 Å². The molecule has 0 radical (unpaired) electrons. The SMILES string of the molecule is CN1C(=O)c2ccc(NC(=O)[C@H]3CC(=O)N(Cc4ccco4)C3)cc2C1=O. The minimum Gasteiger partial charge on any atom is -0.467 e. The first-order chi connectivity index (χ1) is 12.9. The Morgan fingerprint density at radius 2 is 1.96 bits per heavy atom. The lowest BCUT2D eigenvalue weighted by Gasteiger charge is -2.15. The summed E-state index contributed by atoms with van der Waals surface area (Å²) in [7, 11) is 1.42. The van der Waals surface area contributed by atoms with Gasteiger partial charge in [-0.05, 0) is 30.3 Å². The Kier molecular flexibility index (Phi) is 4.02. The van der Waals surface area contributed by atoms with Crippen molar-refractivity contribution >= 4 is 29.3 Å². The van der Waals surface area contributed by atoms with Crippen LogP contribution in [-0.4, -0.2) is 47.0 Å². The Morgan fingerprint density at radius 1 is 1.19 bits per heavy atom. The number of anilines is 1. The van der Waals surface area contributed by atoms with Crippen LogP contribution in [0.2, 0.25) is 0 Å². The maximum Gasteiger partial charge on any atom is 0.261 e. The fourth-order valence-electron chi connectivity index (χ4n) is 3.37. The molecule has 0 bridgehead atoms. The van der Waals surface area contributed by atoms with E-state index in [1.54, 1.807) is 23.1 Å². The highest BCUT2D eigenvalue weighted by Crippen LogP contribution is 2.26. The number of nitrogens with one attached hydrogen (secondary N) is 1. The predicted octanol–water partition coefficient (Wildman–Crippen LogP) is 1.49. The lowest BCUT2D eigenvalue weighted by atomic mass is 10.1. The Labute approximate surface area is 154 Å². The molecule has 2 aliphatic rings. The summed E-state index contributed by atoms with van der Waals surface area (Å²) in [6.07, 6.45) is 1.66. The van der Waals surface area contributed by atoms with Crippen LogP contribution in [0.15, 0.2) is 41.0 Å². The molecule has 27 heavy (non-hydrogen) atoms. The molecule has 0 spiro atoms. The average molecular weight is 367 g/mol. The highest BCUT2D eigenvalue weighted by Gasteiger charge is 2.36. The third-order valence-electron chi connectivity index (χ3n) is 4.87. The number of carbonyl (C=O) groups excluding carboxylic acids is 4. The van der Waals surface area contributed by atoms with Crippen LogP contribution in [0.25, 0.3) is 0 Å². The van der Waals surface area contributed by atoms with Crippen LogP contribution in [-0.2, 0) is 16.1 Å². The minimum absolute atomic E-state index is 0.108. The van der Waals surface area contributed by atoms with E-state index in [1.165, 1.54) is 25.4 Å². The lowest BCUT2D eigenvalue weighted by molar-refractivity contribution is -0.128. The largest absolute Gasteiger partial charge is 0.467 e. The van der Waals surface area contributed by atoms with Crippen molar-refractivity contribution in [2.24, 2.45) is 5.92 Å². The smallest absolute Gasteiger partial charge is 0.261 e. The zero-order chi connectivity index (χ0) is 19.1. The number of imide groups is 1. The molecular formula is C19H17N3O5. The Hall–Kier alpha value is -3.42. The van der Waals surface area contributed by atoms with Crippen molar-refractivity contribution in [1.29, 1.82) is 0 Å². The quantitative estimate of drug-likeness (QED) is 0.826. The van der Waals surface area contributed by atoms with E-state index in [4.69, 9.17) is 4.42 Å². The maximum absolute atomic E-state index is 12.5. The molecule has 1 aromatic carbocycles. The third kappa shape index (κ3) is 2.99. The number of hydrogen-bond donors (Lipinski definition) is 1. The Bertz CT molecular complexity index is 950. The van der Waals surface area contributed by atoms with Crippen molar-refractivity contribution in [3.05, 3.63) is 53.5 Å². The fourth-order valence-corrected chi connectivity index (χ4v) is 3.37. The van der Waals surface area contributed by atoms with Crippen LogP contribution in [0.1, 0.15) is 32.9 Å². The zero-order valence-electron chi connectivity index (χ0n) is 14.6. The maximum atomic E-state index is 12.5. The van der Waals surface area contributed by atoms with Crippen LogP contribution >= 0.6 is 0 Å². The van der Waals surface area contributed by atoms with Gasteiger partial charge in [-0.25, -0.2) is 0 Å². The van der Waals surface area contributed by atoms with Crippen molar-refractivity contribution in [2.45, 2.75) is 13.0 Å². The number of benzene rings is 1. The number of hydrogen-bond acceptors (Lipinski definition) is 5. The van der Waals surface area contributed by atoms with Gasteiger partial charge in [0.2, 0.25) is 11.8 Å². The van der Waals surface area contributed by atoms with E-state index >= 15 is 0 Å². The molecule has 0 aliphatic carbocycles. The molecule has 3 heterocycles. The molecule has 8 nitrogen and oxygen atoms in total. The molecule has 1 N–H and O–H groups in total. The molecule has 1 atom stereocenters. The summed E-state index contributed by atoms with van der Waals surface area (Å²) in [4.78, 5) is 51.3. The minimum atomic E-state index is -0.485. The van der Waals surface area contributed by atoms with Gasteiger partial charge in [-0.15, -0.1) is 0 Å². The molecule has 0 unspecified atom stereocenters. The number of fused-ring (bicyclic) bond motifs is 1. The van der Waals surface area contributed by atoms with E-state index in [-0.39, 0.29) is 29.7 Å². The Balaban J connectivity index is 1.44. The lowest BCUT2D eigenvalue weighted by Crippen LogP contribution is -2.28. The van der Waals surface area contributed by atoms with E-state index < -0.39 is 11.8 Å². The van der Waals surface area contributed by atoms with Gasteiger partial charge in [-0.2, -0.15) is 0 Å². The normalized spacial score (nSPS) is 19.0. The van der Waals surface area contributed by atoms with Gasteiger partial charge in [0.15, 0.2) is 0 Å². The van der Waals surface area contributed by atoms with Gasteiger partial charge < -0.3 is 14.6 Å². The summed E-state index contributed by atoms with van der Waals surface area (Å²) in [5, 5.41) is 2.74. The van der Waals surface area contributed by atoms with Crippen LogP contribution in [0.3, 0.4) is 0 Å². The summed E-state index contributed by atoms with van der Waals surface area (Å²) in [6.45, 7) is 0.633. The van der Waals surface area contributed by atoms with Gasteiger partial charge in [-0.1, -0.05) is 0 Å². The first-order valence-electron chi connectivity index (χ1n) is 8.51. The molecule has 1 saturated heterocycles. The van der Waals surface area contributed by atoms with Crippen molar-refractivity contribution in [3.63, 3.8) is 0 Å². The van der Waals surface area contributed by atoms with E-state index in [0.29, 0.717) is 30.1 Å². The van der Waals surface area contributed by atoms with Crippen LogP contribution in [0.4, 0.5) is 5.69 Å². The van der Waals surface area contributed by atoms with Gasteiger partial charge in [0.25, 0.3) is 11.8 Å². The second-order valence-corrected chi connectivity index (χ2v) is 6.67. The van der Waals surface area contributed by atoms with E-state index in [2.05, 4.69) is 5.32 Å². The standard InChI is InChI=1S/C19H17N3O5/c1-21-18(25)14-5-4-12(8-15(14)19(21)26)20-17(24)11-7-16(23)22(9-11)10-13-3-2-6-27-13/h2-6,8,11H,7,9-10H2,1H3,(H,20,24)/t11-/m0/s1. The average Bonchev–Trinajstić information content (AvgIpc) is 3.34. The molecule has 0 saturated carbocycles. The molecular weight excluding hydrogens is 350 g/mol. The summed E-state index contributed by atoms with van der Waals surface area (Å²) in [6, 6.07) is 8.13. The number of amides is 4. The van der Waals surface area contributed by atoms with Gasteiger partial charge in [0, 0.05) is 25.7 Å². The molecule has 1 aromatic heterocycles. The fraction of sp³-hybridized carbons (Fsp3) is 0.263. The molecule has 8 heteroatoms. The number of likely N-dealkylation sites (tertiary alicyclic amines) is 1. The van der Waals surface area contributed by atoms with Crippen LogP contribution in [0.5, 0.6) is 0 Å². The molecule has 4 amide bonds. The summed E-state index contributed by atoms with van der Waals surface area (Å²) in [5.74, 6) is -0.982. The van der Waals surface area contributed by atoms with Crippen molar-refractivity contribution in [2.75, 3.05) is 18.9 Å². The Morgan fingerprint density at radius 3 is 2.70 bits per heavy atom. The monoisotopic (exact) mass is 367 g/mol. The highest BCUT2D eigenvalue weighted by molar-refractivity contribution is 6.21.